The minimum absolute atomic E-state index is 0.0134. The first-order valence-corrected chi connectivity index (χ1v) is 5.26. The van der Waals surface area contributed by atoms with E-state index in [4.69, 9.17) is 4.84 Å². The molecule has 0 aromatic heterocycles. The largest absolute Gasteiger partial charge is 0.383 e. The summed E-state index contributed by atoms with van der Waals surface area (Å²) < 4.78 is 0. The van der Waals surface area contributed by atoms with E-state index < -0.39 is 11.5 Å². The van der Waals surface area contributed by atoms with Gasteiger partial charge in [-0.2, -0.15) is 0 Å². The van der Waals surface area contributed by atoms with E-state index in [-0.39, 0.29) is 18.1 Å². The van der Waals surface area contributed by atoms with Gasteiger partial charge < -0.3 is 5.11 Å². The van der Waals surface area contributed by atoms with E-state index in [1.807, 2.05) is 32.9 Å². The first-order valence-electron chi connectivity index (χ1n) is 5.26. The SMILES string of the molecule is CC(C)(C)[C@@H](O)C(=O)N1O[C@@H]2C=C[C@H]1C2. The van der Waals surface area contributed by atoms with Gasteiger partial charge in [0.05, 0.1) is 6.04 Å². The minimum Gasteiger partial charge on any atom is -0.383 e. The van der Waals surface area contributed by atoms with Gasteiger partial charge in [0.1, 0.15) is 12.2 Å². The van der Waals surface area contributed by atoms with E-state index in [0.717, 1.165) is 6.42 Å². The summed E-state index contributed by atoms with van der Waals surface area (Å²) in [5.41, 5.74) is -0.452. The lowest BCUT2D eigenvalue weighted by Gasteiger charge is -2.30. The van der Waals surface area contributed by atoms with Gasteiger partial charge >= 0.3 is 0 Å². The molecular weight excluding hydrogens is 194 g/mol. The molecule has 1 fully saturated rings. The van der Waals surface area contributed by atoms with Crippen molar-refractivity contribution in [3.63, 3.8) is 0 Å². The van der Waals surface area contributed by atoms with Crippen molar-refractivity contribution in [2.45, 2.75) is 45.4 Å². The summed E-state index contributed by atoms with van der Waals surface area (Å²) in [6.45, 7) is 5.50. The molecule has 2 bridgehead atoms. The van der Waals surface area contributed by atoms with Crippen LogP contribution in [0.15, 0.2) is 12.2 Å². The zero-order valence-electron chi connectivity index (χ0n) is 9.30. The number of aliphatic hydroxyl groups excluding tert-OH is 1. The molecule has 0 aromatic rings. The third kappa shape index (κ3) is 1.79. The molecule has 0 aromatic carbocycles. The Labute approximate surface area is 89.5 Å². The lowest BCUT2D eigenvalue weighted by molar-refractivity contribution is -0.196. The number of carbonyl (C=O) groups excluding carboxylic acids is 1. The molecule has 0 spiro atoms. The smallest absolute Gasteiger partial charge is 0.276 e. The quantitative estimate of drug-likeness (QED) is 0.654. The van der Waals surface area contributed by atoms with Crippen LogP contribution in [0.3, 0.4) is 0 Å². The molecule has 1 heterocycles. The Hall–Kier alpha value is -0.870. The number of nitrogens with zero attached hydrogens (tertiary/aromatic N) is 1. The summed E-state index contributed by atoms with van der Waals surface area (Å²) >= 11 is 0. The third-order valence-corrected chi connectivity index (χ3v) is 2.84. The summed E-state index contributed by atoms with van der Waals surface area (Å²) in [5, 5.41) is 11.2. The van der Waals surface area contributed by atoms with Crippen LogP contribution in [0, 0.1) is 5.41 Å². The summed E-state index contributed by atoms with van der Waals surface area (Å²) in [5.74, 6) is -0.334. The molecule has 15 heavy (non-hydrogen) atoms. The number of aliphatic hydroxyl groups is 1. The number of rotatable bonds is 1. The number of hydroxylamine groups is 2. The zero-order chi connectivity index (χ0) is 11.2. The average Bonchev–Trinajstić information content (AvgIpc) is 2.74. The predicted molar refractivity (Wildman–Crippen MR) is 54.7 cm³/mol. The van der Waals surface area contributed by atoms with Crippen LogP contribution in [0.1, 0.15) is 27.2 Å². The Morgan fingerprint density at radius 2 is 2.20 bits per heavy atom. The first kappa shape index (κ1) is 10.6. The van der Waals surface area contributed by atoms with Crippen molar-refractivity contribution in [1.82, 2.24) is 5.06 Å². The highest BCUT2D eigenvalue weighted by Gasteiger charge is 2.43. The highest BCUT2D eigenvalue weighted by atomic mass is 16.7. The van der Waals surface area contributed by atoms with Gasteiger partial charge in [0.15, 0.2) is 0 Å². The van der Waals surface area contributed by atoms with Crippen LogP contribution >= 0.6 is 0 Å². The Balaban J connectivity index is 2.06. The molecule has 1 N–H and O–H groups in total. The van der Waals surface area contributed by atoms with Gasteiger partial charge in [-0.15, -0.1) is 0 Å². The van der Waals surface area contributed by atoms with Crippen molar-refractivity contribution in [3.05, 3.63) is 12.2 Å². The van der Waals surface area contributed by atoms with Crippen LogP contribution in [-0.2, 0) is 9.63 Å². The van der Waals surface area contributed by atoms with Crippen LogP contribution in [0.25, 0.3) is 0 Å². The maximum absolute atomic E-state index is 11.9. The van der Waals surface area contributed by atoms with Gasteiger partial charge in [0.2, 0.25) is 0 Å². The molecule has 0 unspecified atom stereocenters. The Kier molecular flexibility index (Phi) is 2.35. The summed E-state index contributed by atoms with van der Waals surface area (Å²) in [7, 11) is 0. The molecule has 1 aliphatic carbocycles. The topological polar surface area (TPSA) is 49.8 Å². The van der Waals surface area contributed by atoms with E-state index in [1.54, 1.807) is 0 Å². The molecule has 84 valence electrons. The van der Waals surface area contributed by atoms with Crippen LogP contribution in [0.2, 0.25) is 0 Å². The summed E-state index contributed by atoms with van der Waals surface area (Å²) in [6, 6.07) is 0.0134. The second kappa shape index (κ2) is 3.32. The zero-order valence-corrected chi connectivity index (χ0v) is 9.30. The van der Waals surface area contributed by atoms with Crippen molar-refractivity contribution < 1.29 is 14.7 Å². The molecule has 4 heteroatoms. The van der Waals surface area contributed by atoms with Crippen LogP contribution in [0.5, 0.6) is 0 Å². The summed E-state index contributed by atoms with van der Waals surface area (Å²) in [6.07, 6.45) is 3.75. The van der Waals surface area contributed by atoms with E-state index in [1.165, 1.54) is 5.06 Å². The molecular formula is C11H17NO3. The number of hydrogen-bond donors (Lipinski definition) is 1. The highest BCUT2D eigenvalue weighted by Crippen LogP contribution is 2.31. The predicted octanol–water partition coefficient (Wildman–Crippen LogP) is 0.864. The van der Waals surface area contributed by atoms with Crippen molar-refractivity contribution in [2.75, 3.05) is 0 Å². The molecule has 1 saturated heterocycles. The minimum atomic E-state index is -1.01. The molecule has 1 amide bonds. The normalized spacial score (nSPS) is 31.1. The van der Waals surface area contributed by atoms with Crippen molar-refractivity contribution in [3.8, 4) is 0 Å². The second-order valence-electron chi connectivity index (χ2n) is 5.26. The molecule has 0 radical (unpaired) electrons. The maximum Gasteiger partial charge on any atom is 0.276 e. The number of fused-ring (bicyclic) bond motifs is 2. The standard InChI is InChI=1S/C11H17NO3/c1-11(2,3)9(13)10(14)12-7-4-5-8(6-7)15-12/h4-5,7-9,13H,6H2,1-3H3/t7-,8+,9-/m0/s1. The lowest BCUT2D eigenvalue weighted by Crippen LogP contribution is -2.46. The van der Waals surface area contributed by atoms with E-state index in [9.17, 15) is 9.90 Å². The molecule has 4 nitrogen and oxygen atoms in total. The van der Waals surface area contributed by atoms with Gasteiger partial charge in [0, 0.05) is 6.42 Å². The third-order valence-electron chi connectivity index (χ3n) is 2.84. The Bertz CT molecular complexity index is 305. The fourth-order valence-corrected chi connectivity index (χ4v) is 1.83. The Morgan fingerprint density at radius 3 is 2.60 bits per heavy atom. The van der Waals surface area contributed by atoms with E-state index in [2.05, 4.69) is 0 Å². The lowest BCUT2D eigenvalue weighted by atomic mass is 9.88. The van der Waals surface area contributed by atoms with Crippen molar-refractivity contribution >= 4 is 5.91 Å². The average molecular weight is 211 g/mol. The van der Waals surface area contributed by atoms with Crippen LogP contribution in [0.4, 0.5) is 0 Å². The first-order chi connectivity index (χ1) is 6.89. The van der Waals surface area contributed by atoms with Crippen molar-refractivity contribution in [1.29, 1.82) is 0 Å². The van der Waals surface area contributed by atoms with Gasteiger partial charge in [-0.1, -0.05) is 32.9 Å². The Morgan fingerprint density at radius 1 is 1.53 bits per heavy atom. The summed E-state index contributed by atoms with van der Waals surface area (Å²) in [4.78, 5) is 17.3. The molecule has 1 aliphatic heterocycles. The number of carbonyl (C=O) groups is 1. The monoisotopic (exact) mass is 211 g/mol. The molecule has 3 atom stereocenters. The number of hydrogen-bond acceptors (Lipinski definition) is 3. The van der Waals surface area contributed by atoms with Crippen molar-refractivity contribution in [2.24, 2.45) is 5.41 Å². The maximum atomic E-state index is 11.9. The molecule has 2 aliphatic rings. The van der Waals surface area contributed by atoms with Gasteiger partial charge in [-0.05, 0) is 5.41 Å². The van der Waals surface area contributed by atoms with Crippen LogP contribution in [-0.4, -0.2) is 34.3 Å². The van der Waals surface area contributed by atoms with E-state index in [0.29, 0.717) is 0 Å². The van der Waals surface area contributed by atoms with Gasteiger partial charge in [0.25, 0.3) is 5.91 Å². The second-order valence-corrected chi connectivity index (χ2v) is 5.26. The van der Waals surface area contributed by atoms with Gasteiger partial charge in [-0.3, -0.25) is 9.63 Å². The molecule has 2 rings (SSSR count). The fraction of sp³-hybridized carbons (Fsp3) is 0.727. The highest BCUT2D eigenvalue weighted by molar-refractivity contribution is 5.81. The molecule has 0 saturated carbocycles. The fourth-order valence-electron chi connectivity index (χ4n) is 1.83. The van der Waals surface area contributed by atoms with Crippen LogP contribution < -0.4 is 0 Å². The van der Waals surface area contributed by atoms with E-state index >= 15 is 0 Å². The van der Waals surface area contributed by atoms with Gasteiger partial charge in [-0.25, -0.2) is 5.06 Å². The number of amides is 1.